The Bertz CT molecular complexity index is 1630. The van der Waals surface area contributed by atoms with Crippen molar-refractivity contribution in [2.75, 3.05) is 51.6 Å². The first-order valence-corrected chi connectivity index (χ1v) is 13.2. The van der Waals surface area contributed by atoms with Crippen LogP contribution in [-0.2, 0) is 4.79 Å². The summed E-state index contributed by atoms with van der Waals surface area (Å²) in [6.07, 6.45) is -1.69. The largest absolute Gasteiger partial charge is 0.490 e. The van der Waals surface area contributed by atoms with Crippen molar-refractivity contribution in [1.82, 2.24) is 29.9 Å². The van der Waals surface area contributed by atoms with Crippen molar-refractivity contribution in [2.45, 2.75) is 6.18 Å². The predicted molar refractivity (Wildman–Crippen MR) is 153 cm³/mol. The zero-order valence-electron chi connectivity index (χ0n) is 23.2. The van der Waals surface area contributed by atoms with Crippen LogP contribution >= 0.6 is 0 Å². The Labute approximate surface area is 245 Å². The highest BCUT2D eigenvalue weighted by atomic mass is 19.4. The Kier molecular flexibility index (Phi) is 9.91. The van der Waals surface area contributed by atoms with Crippen LogP contribution in [0.5, 0.6) is 0 Å². The maximum atomic E-state index is 12.8. The number of halogens is 3. The van der Waals surface area contributed by atoms with E-state index in [1.165, 1.54) is 0 Å². The van der Waals surface area contributed by atoms with E-state index in [-0.39, 0.29) is 5.91 Å². The summed E-state index contributed by atoms with van der Waals surface area (Å²) >= 11 is 0. The minimum atomic E-state index is -5.08. The van der Waals surface area contributed by atoms with Gasteiger partial charge < -0.3 is 20.6 Å². The van der Waals surface area contributed by atoms with E-state index in [2.05, 4.69) is 43.6 Å². The lowest BCUT2D eigenvalue weighted by Crippen LogP contribution is -2.46. The third-order valence-electron chi connectivity index (χ3n) is 6.67. The number of fused-ring (bicyclic) bond motifs is 1. The number of amides is 1. The summed E-state index contributed by atoms with van der Waals surface area (Å²) in [6.45, 7) is 5.63. The van der Waals surface area contributed by atoms with Gasteiger partial charge in [0.15, 0.2) is 5.82 Å². The third kappa shape index (κ3) is 8.28. The average Bonchev–Trinajstić information content (AvgIpc) is 3.42. The lowest BCUT2D eigenvalue weighted by Gasteiger charge is -2.32. The SMILES string of the molecule is CN1CCN(CCNC(=O)c2ccnc(-n3ncc4cc(Nc5ccccc5C#N)ccc43)c2)CC1.O=C(O)C(F)(F)F. The fourth-order valence-corrected chi connectivity index (χ4v) is 4.31. The molecule has 0 bridgehead atoms. The van der Waals surface area contributed by atoms with Crippen LogP contribution in [0.25, 0.3) is 16.7 Å². The number of aliphatic carboxylic acids is 1. The van der Waals surface area contributed by atoms with Gasteiger partial charge >= 0.3 is 12.1 Å². The molecule has 3 N–H and O–H groups in total. The number of likely N-dealkylation sites (N-methyl/N-ethyl adjacent to an activating group) is 1. The molecule has 2 aromatic carbocycles. The van der Waals surface area contributed by atoms with Crippen molar-refractivity contribution in [3.8, 4) is 11.9 Å². The summed E-state index contributed by atoms with van der Waals surface area (Å²) < 4.78 is 33.5. The van der Waals surface area contributed by atoms with Gasteiger partial charge in [-0.05, 0) is 49.5 Å². The Morgan fingerprint density at radius 2 is 1.79 bits per heavy atom. The molecule has 11 nitrogen and oxygen atoms in total. The van der Waals surface area contributed by atoms with Crippen LogP contribution in [0.2, 0.25) is 0 Å². The Morgan fingerprint density at radius 3 is 2.49 bits per heavy atom. The molecule has 1 amide bonds. The number of rotatable bonds is 7. The Morgan fingerprint density at radius 1 is 1.07 bits per heavy atom. The number of carboxylic acid groups (broad SMARTS) is 1. The van der Waals surface area contributed by atoms with Crippen LogP contribution in [0.4, 0.5) is 24.5 Å². The maximum absolute atomic E-state index is 12.8. The number of nitriles is 1. The number of nitrogens with zero attached hydrogens (tertiary/aromatic N) is 6. The average molecular weight is 595 g/mol. The van der Waals surface area contributed by atoms with E-state index in [1.54, 1.807) is 35.3 Å². The number of alkyl halides is 3. The fraction of sp³-hybridized carbons (Fsp3) is 0.276. The number of para-hydroxylation sites is 1. The normalized spacial score (nSPS) is 13.9. The summed E-state index contributed by atoms with van der Waals surface area (Å²) in [4.78, 5) is 30.8. The molecule has 1 saturated heterocycles. The predicted octanol–water partition coefficient (Wildman–Crippen LogP) is 3.65. The molecule has 3 heterocycles. The second-order valence-corrected chi connectivity index (χ2v) is 9.72. The smallest absolute Gasteiger partial charge is 0.475 e. The third-order valence-corrected chi connectivity index (χ3v) is 6.67. The van der Waals surface area contributed by atoms with Crippen molar-refractivity contribution in [2.24, 2.45) is 0 Å². The summed E-state index contributed by atoms with van der Waals surface area (Å²) in [6, 6.07) is 18.9. The molecule has 14 heteroatoms. The first-order chi connectivity index (χ1) is 20.5. The molecule has 0 radical (unpaired) electrons. The lowest BCUT2D eigenvalue weighted by atomic mass is 10.1. The second kappa shape index (κ2) is 13.8. The number of benzene rings is 2. The number of hydrogen-bond acceptors (Lipinski definition) is 8. The summed E-state index contributed by atoms with van der Waals surface area (Å²) in [7, 11) is 2.13. The van der Waals surface area contributed by atoms with E-state index in [0.29, 0.717) is 23.5 Å². The Balaban J connectivity index is 0.000000541. The van der Waals surface area contributed by atoms with Gasteiger partial charge in [-0.25, -0.2) is 14.5 Å². The standard InChI is InChI=1S/C27H28N8O.C2HF3O2/c1-33-12-14-34(15-13-33)11-10-30-27(36)20-8-9-29-26(17-20)35-25-7-6-23(16-22(25)19-31-35)32-24-5-3-2-4-21(24)18-28;3-2(4,5)1(6)7/h2-9,16-17,19,32H,10-15H2,1H3,(H,30,36);(H,6,7). The van der Waals surface area contributed by atoms with Crippen molar-refractivity contribution >= 4 is 34.2 Å². The highest BCUT2D eigenvalue weighted by molar-refractivity contribution is 5.94. The van der Waals surface area contributed by atoms with Crippen LogP contribution in [-0.4, -0.2) is 94.0 Å². The minimum absolute atomic E-state index is 0.119. The van der Waals surface area contributed by atoms with E-state index in [1.807, 2.05) is 36.4 Å². The number of anilines is 2. The van der Waals surface area contributed by atoms with Gasteiger partial charge in [0.05, 0.1) is 23.0 Å². The zero-order chi connectivity index (χ0) is 31.0. The molecule has 0 aliphatic carbocycles. The first-order valence-electron chi connectivity index (χ1n) is 13.2. The molecule has 1 aliphatic heterocycles. The van der Waals surface area contributed by atoms with Crippen molar-refractivity contribution in [1.29, 1.82) is 5.26 Å². The quantitative estimate of drug-likeness (QED) is 0.293. The molecule has 224 valence electrons. The van der Waals surface area contributed by atoms with Gasteiger partial charge in [0.1, 0.15) is 6.07 Å². The van der Waals surface area contributed by atoms with Crippen LogP contribution in [0, 0.1) is 11.3 Å². The van der Waals surface area contributed by atoms with E-state index >= 15 is 0 Å². The molecular weight excluding hydrogens is 565 g/mol. The second-order valence-electron chi connectivity index (χ2n) is 9.72. The molecule has 0 unspecified atom stereocenters. The molecule has 5 rings (SSSR count). The molecule has 0 spiro atoms. The first kappa shape index (κ1) is 30.9. The van der Waals surface area contributed by atoms with Crippen molar-refractivity contribution < 1.29 is 27.9 Å². The van der Waals surface area contributed by atoms with Gasteiger partial charge in [-0.3, -0.25) is 9.69 Å². The van der Waals surface area contributed by atoms with Crippen LogP contribution in [0.1, 0.15) is 15.9 Å². The van der Waals surface area contributed by atoms with Crippen LogP contribution in [0.15, 0.2) is 67.0 Å². The van der Waals surface area contributed by atoms with Crippen LogP contribution in [0.3, 0.4) is 0 Å². The number of aromatic nitrogens is 3. The highest BCUT2D eigenvalue weighted by Gasteiger charge is 2.38. The summed E-state index contributed by atoms with van der Waals surface area (Å²) in [5, 5.41) is 28.2. The van der Waals surface area contributed by atoms with Gasteiger partial charge in [0, 0.05) is 62.1 Å². The van der Waals surface area contributed by atoms with E-state index in [4.69, 9.17) is 9.90 Å². The van der Waals surface area contributed by atoms with Crippen molar-refractivity contribution in [3.63, 3.8) is 0 Å². The molecule has 0 atom stereocenters. The molecule has 1 aliphatic rings. The molecule has 4 aromatic rings. The number of piperazine rings is 1. The van der Waals surface area contributed by atoms with Gasteiger partial charge in [0.25, 0.3) is 5.91 Å². The number of carbonyl (C=O) groups is 2. The topological polar surface area (TPSA) is 139 Å². The maximum Gasteiger partial charge on any atom is 0.490 e. The fourth-order valence-electron chi connectivity index (χ4n) is 4.31. The van der Waals surface area contributed by atoms with Gasteiger partial charge in [-0.15, -0.1) is 0 Å². The summed E-state index contributed by atoms with van der Waals surface area (Å²) in [5.41, 5.74) is 3.60. The molecule has 43 heavy (non-hydrogen) atoms. The molecule has 1 fully saturated rings. The number of carbonyl (C=O) groups excluding carboxylic acids is 1. The number of hydrogen-bond donors (Lipinski definition) is 3. The number of nitrogens with one attached hydrogen (secondary N) is 2. The van der Waals surface area contributed by atoms with E-state index in [0.717, 1.165) is 55.0 Å². The lowest BCUT2D eigenvalue weighted by molar-refractivity contribution is -0.192. The molecule has 0 saturated carbocycles. The Hall–Kier alpha value is -5.00. The van der Waals surface area contributed by atoms with Gasteiger partial charge in [-0.2, -0.15) is 23.5 Å². The number of carboxylic acids is 1. The molecule has 2 aromatic heterocycles. The van der Waals surface area contributed by atoms with Gasteiger partial charge in [-0.1, -0.05) is 12.1 Å². The molecular formula is C29H29F3N8O3. The number of pyridine rings is 1. The van der Waals surface area contributed by atoms with Gasteiger partial charge in [0.2, 0.25) is 0 Å². The van der Waals surface area contributed by atoms with Crippen LogP contribution < -0.4 is 10.6 Å². The highest BCUT2D eigenvalue weighted by Crippen LogP contribution is 2.25. The van der Waals surface area contributed by atoms with E-state index in [9.17, 15) is 23.2 Å². The van der Waals surface area contributed by atoms with Crippen molar-refractivity contribution in [3.05, 3.63) is 78.1 Å². The minimum Gasteiger partial charge on any atom is -0.475 e. The van der Waals surface area contributed by atoms with E-state index < -0.39 is 12.1 Å². The summed E-state index contributed by atoms with van der Waals surface area (Å²) in [5.74, 6) is -2.30. The zero-order valence-corrected chi connectivity index (χ0v) is 23.2. The monoisotopic (exact) mass is 594 g/mol.